The molecule has 1 aliphatic heterocycles. The summed E-state index contributed by atoms with van der Waals surface area (Å²) in [7, 11) is 0. The average molecular weight is 349 g/mol. The van der Waals surface area contributed by atoms with Crippen molar-refractivity contribution in [2.24, 2.45) is 0 Å². The Bertz CT molecular complexity index is 932. The maximum atomic E-state index is 12.4. The average Bonchev–Trinajstić information content (AvgIpc) is 3.23. The Kier molecular flexibility index (Phi) is 4.07. The highest BCUT2D eigenvalue weighted by atomic mass is 16.5. The van der Waals surface area contributed by atoms with Crippen LogP contribution >= 0.6 is 0 Å². The maximum absolute atomic E-state index is 12.4. The fraction of sp³-hybridized carbons (Fsp3) is 0.286. The van der Waals surface area contributed by atoms with Gasteiger partial charge in [0.25, 0.3) is 0 Å². The summed E-state index contributed by atoms with van der Waals surface area (Å²) in [5.74, 6) is -1.13. The minimum absolute atomic E-state index is 0.0763. The van der Waals surface area contributed by atoms with Gasteiger partial charge in [0.2, 0.25) is 5.91 Å². The van der Waals surface area contributed by atoms with Crippen LogP contribution in [0.15, 0.2) is 36.4 Å². The van der Waals surface area contributed by atoms with E-state index in [9.17, 15) is 14.4 Å². The van der Waals surface area contributed by atoms with Crippen molar-refractivity contribution in [3.63, 3.8) is 0 Å². The Balaban J connectivity index is 1.43. The van der Waals surface area contributed by atoms with Crippen molar-refractivity contribution in [2.45, 2.75) is 32.1 Å². The number of rotatable bonds is 4. The van der Waals surface area contributed by atoms with E-state index < -0.39 is 5.97 Å². The number of ketones is 1. The minimum Gasteiger partial charge on any atom is -0.454 e. The zero-order chi connectivity index (χ0) is 18.3. The number of benzene rings is 2. The molecule has 1 atom stereocenters. The molecule has 1 aliphatic carbocycles. The monoisotopic (exact) mass is 349 g/mol. The van der Waals surface area contributed by atoms with E-state index in [2.05, 4.69) is 5.32 Å². The van der Waals surface area contributed by atoms with Crippen LogP contribution in [0.1, 0.15) is 56.7 Å². The van der Waals surface area contributed by atoms with E-state index in [4.69, 9.17) is 4.74 Å². The predicted octanol–water partition coefficient (Wildman–Crippen LogP) is 3.27. The zero-order valence-corrected chi connectivity index (χ0v) is 14.5. The first-order valence-electron chi connectivity index (χ1n) is 8.80. The summed E-state index contributed by atoms with van der Waals surface area (Å²) in [4.78, 5) is 36.3. The Morgan fingerprint density at radius 1 is 1.08 bits per heavy atom. The normalized spacial score (nSPS) is 17.4. The quantitative estimate of drug-likeness (QED) is 0.679. The molecule has 0 spiro atoms. The molecule has 1 N–H and O–H groups in total. The number of carbonyl (C=O) groups is 3. The van der Waals surface area contributed by atoms with Crippen molar-refractivity contribution in [1.29, 1.82) is 0 Å². The minimum atomic E-state index is -0.487. The van der Waals surface area contributed by atoms with E-state index in [1.54, 1.807) is 31.2 Å². The number of nitrogens with one attached hydrogen (secondary N) is 1. The SMILES string of the molecule is C[C@@H]1C(=O)Nc2ccc(C(=O)COC(=O)c3ccc4c(c3)CCC4)cc21. The van der Waals surface area contributed by atoms with Gasteiger partial charge in [-0.3, -0.25) is 9.59 Å². The van der Waals surface area contributed by atoms with Crippen molar-refractivity contribution >= 4 is 23.3 Å². The van der Waals surface area contributed by atoms with Gasteiger partial charge in [-0.1, -0.05) is 6.07 Å². The zero-order valence-electron chi connectivity index (χ0n) is 14.5. The lowest BCUT2D eigenvalue weighted by molar-refractivity contribution is -0.116. The lowest BCUT2D eigenvalue weighted by Crippen LogP contribution is -2.14. The molecule has 5 nitrogen and oxygen atoms in total. The fourth-order valence-corrected chi connectivity index (χ4v) is 3.59. The largest absolute Gasteiger partial charge is 0.454 e. The second-order valence-electron chi connectivity index (χ2n) is 6.85. The standard InChI is InChI=1S/C21H19NO4/c1-12-17-10-15(7-8-18(17)22-20(12)24)19(23)11-26-21(25)16-6-5-13-3-2-4-14(13)9-16/h5-10,12H,2-4,11H2,1H3,(H,22,24)/t12-/m0/s1. The van der Waals surface area contributed by atoms with E-state index >= 15 is 0 Å². The molecule has 132 valence electrons. The molecule has 1 amide bonds. The van der Waals surface area contributed by atoms with Crippen LogP contribution in [0.5, 0.6) is 0 Å². The van der Waals surface area contributed by atoms with E-state index in [-0.39, 0.29) is 24.2 Å². The smallest absolute Gasteiger partial charge is 0.338 e. The van der Waals surface area contributed by atoms with Crippen molar-refractivity contribution < 1.29 is 19.1 Å². The van der Waals surface area contributed by atoms with Crippen molar-refractivity contribution in [3.8, 4) is 0 Å². The molecule has 0 unspecified atom stereocenters. The summed E-state index contributed by atoms with van der Waals surface area (Å²) in [6.07, 6.45) is 3.15. The second-order valence-corrected chi connectivity index (χ2v) is 6.85. The molecule has 0 radical (unpaired) electrons. The van der Waals surface area contributed by atoms with Gasteiger partial charge in [-0.2, -0.15) is 0 Å². The van der Waals surface area contributed by atoms with Gasteiger partial charge in [0.15, 0.2) is 12.4 Å². The third-order valence-electron chi connectivity index (χ3n) is 5.16. The Hall–Kier alpha value is -2.95. The van der Waals surface area contributed by atoms with E-state index in [1.165, 1.54) is 11.1 Å². The highest BCUT2D eigenvalue weighted by Gasteiger charge is 2.27. The Labute approximate surface area is 151 Å². The second kappa shape index (κ2) is 6.41. The van der Waals surface area contributed by atoms with Crippen LogP contribution in [-0.2, 0) is 22.4 Å². The molecule has 0 bridgehead atoms. The molecular weight excluding hydrogens is 330 g/mol. The predicted molar refractivity (Wildman–Crippen MR) is 96.6 cm³/mol. The molecule has 5 heteroatoms. The first-order chi connectivity index (χ1) is 12.5. The topological polar surface area (TPSA) is 72.5 Å². The molecule has 1 heterocycles. The molecule has 4 rings (SSSR count). The summed E-state index contributed by atoms with van der Waals surface area (Å²) in [6.45, 7) is 1.48. The van der Waals surface area contributed by atoms with Gasteiger partial charge in [0.05, 0.1) is 11.5 Å². The number of aryl methyl sites for hydroxylation is 2. The van der Waals surface area contributed by atoms with Gasteiger partial charge in [-0.15, -0.1) is 0 Å². The van der Waals surface area contributed by atoms with Crippen LogP contribution in [0.2, 0.25) is 0 Å². The number of fused-ring (bicyclic) bond motifs is 2. The fourth-order valence-electron chi connectivity index (χ4n) is 3.59. The van der Waals surface area contributed by atoms with Gasteiger partial charge < -0.3 is 10.1 Å². The Morgan fingerprint density at radius 2 is 1.85 bits per heavy atom. The first kappa shape index (κ1) is 16.5. The number of hydrogen-bond donors (Lipinski definition) is 1. The third kappa shape index (κ3) is 2.90. The lowest BCUT2D eigenvalue weighted by Gasteiger charge is -2.08. The highest BCUT2D eigenvalue weighted by molar-refractivity contribution is 6.05. The van der Waals surface area contributed by atoms with Crippen LogP contribution in [0.3, 0.4) is 0 Å². The number of anilines is 1. The number of hydrogen-bond acceptors (Lipinski definition) is 4. The lowest BCUT2D eigenvalue weighted by atomic mass is 9.99. The highest BCUT2D eigenvalue weighted by Crippen LogP contribution is 2.32. The number of esters is 1. The molecular formula is C21H19NO4. The van der Waals surface area contributed by atoms with Crippen LogP contribution in [-0.4, -0.2) is 24.3 Å². The van der Waals surface area contributed by atoms with Gasteiger partial charge in [0.1, 0.15) is 0 Å². The van der Waals surface area contributed by atoms with Crippen LogP contribution in [0.25, 0.3) is 0 Å². The van der Waals surface area contributed by atoms with Crippen molar-refractivity contribution in [3.05, 3.63) is 64.2 Å². The van der Waals surface area contributed by atoms with Gasteiger partial charge in [-0.25, -0.2) is 4.79 Å². The summed E-state index contributed by atoms with van der Waals surface area (Å²) in [5, 5.41) is 2.77. The molecule has 2 aromatic carbocycles. The van der Waals surface area contributed by atoms with Crippen LogP contribution < -0.4 is 5.32 Å². The molecule has 26 heavy (non-hydrogen) atoms. The van der Waals surface area contributed by atoms with Gasteiger partial charge in [-0.05, 0) is 73.2 Å². The maximum Gasteiger partial charge on any atom is 0.338 e. The van der Waals surface area contributed by atoms with E-state index in [0.717, 1.165) is 30.5 Å². The Morgan fingerprint density at radius 3 is 2.69 bits per heavy atom. The van der Waals surface area contributed by atoms with Crippen molar-refractivity contribution in [1.82, 2.24) is 0 Å². The summed E-state index contributed by atoms with van der Waals surface area (Å²) < 4.78 is 5.20. The van der Waals surface area contributed by atoms with E-state index in [1.807, 2.05) is 12.1 Å². The molecule has 0 fully saturated rings. The first-order valence-corrected chi connectivity index (χ1v) is 8.80. The molecule has 0 saturated carbocycles. The van der Waals surface area contributed by atoms with Gasteiger partial charge in [0, 0.05) is 11.3 Å². The molecule has 0 aromatic heterocycles. The number of amides is 1. The molecule has 2 aromatic rings. The molecule has 2 aliphatic rings. The van der Waals surface area contributed by atoms with E-state index in [0.29, 0.717) is 11.1 Å². The van der Waals surface area contributed by atoms with Gasteiger partial charge >= 0.3 is 5.97 Å². The molecule has 0 saturated heterocycles. The summed E-state index contributed by atoms with van der Waals surface area (Å²) in [6, 6.07) is 10.6. The van der Waals surface area contributed by atoms with Crippen LogP contribution in [0.4, 0.5) is 5.69 Å². The third-order valence-corrected chi connectivity index (χ3v) is 5.16. The van der Waals surface area contributed by atoms with Crippen molar-refractivity contribution in [2.75, 3.05) is 11.9 Å². The van der Waals surface area contributed by atoms with Crippen LogP contribution in [0, 0.1) is 0 Å². The number of ether oxygens (including phenoxy) is 1. The summed E-state index contributed by atoms with van der Waals surface area (Å²) >= 11 is 0. The number of Topliss-reactive ketones (excluding diaryl/α,β-unsaturated/α-hetero) is 1. The summed E-state index contributed by atoms with van der Waals surface area (Å²) in [5.41, 5.74) is 4.92. The number of carbonyl (C=O) groups excluding carboxylic acids is 3.